The number of likely N-dealkylation sites (N-methyl/N-ethyl adjacent to an activating group) is 1. The van der Waals surface area contributed by atoms with Gasteiger partial charge in [0.1, 0.15) is 0 Å². The van der Waals surface area contributed by atoms with E-state index in [0.717, 1.165) is 5.69 Å². The molecule has 24 heavy (non-hydrogen) atoms. The van der Waals surface area contributed by atoms with E-state index in [1.807, 2.05) is 14.0 Å². The summed E-state index contributed by atoms with van der Waals surface area (Å²) >= 11 is 0. The number of aliphatic hydroxyl groups is 1. The van der Waals surface area contributed by atoms with Gasteiger partial charge in [0.15, 0.2) is 0 Å². The van der Waals surface area contributed by atoms with E-state index in [9.17, 15) is 9.90 Å². The summed E-state index contributed by atoms with van der Waals surface area (Å²) in [6.45, 7) is 6.27. The molecule has 0 spiro atoms. The van der Waals surface area contributed by atoms with E-state index in [1.165, 1.54) is 0 Å². The lowest BCUT2D eigenvalue weighted by atomic mass is 10.0. The van der Waals surface area contributed by atoms with Crippen molar-refractivity contribution < 1.29 is 14.6 Å². The zero-order valence-corrected chi connectivity index (χ0v) is 14.8. The van der Waals surface area contributed by atoms with Crippen LogP contribution in [0.5, 0.6) is 0 Å². The van der Waals surface area contributed by atoms with Crippen LogP contribution >= 0.6 is 0 Å². The Labute approximate surface area is 143 Å². The molecule has 1 amide bonds. The number of aromatic nitrogens is 3. The van der Waals surface area contributed by atoms with Crippen LogP contribution < -0.4 is 5.32 Å². The molecule has 0 aromatic carbocycles. The third kappa shape index (κ3) is 4.75. The summed E-state index contributed by atoms with van der Waals surface area (Å²) in [6, 6.07) is -0.194. The van der Waals surface area contributed by atoms with E-state index in [2.05, 4.69) is 22.6 Å². The quantitative estimate of drug-likeness (QED) is 0.804. The van der Waals surface area contributed by atoms with Crippen LogP contribution in [0.1, 0.15) is 32.4 Å². The van der Waals surface area contributed by atoms with Gasteiger partial charge in [0, 0.05) is 32.0 Å². The average molecular weight is 339 g/mol. The second-order valence-corrected chi connectivity index (χ2v) is 6.51. The van der Waals surface area contributed by atoms with Gasteiger partial charge in [-0.2, -0.15) is 0 Å². The topological polar surface area (TPSA) is 92.5 Å². The second-order valence-electron chi connectivity index (χ2n) is 6.51. The van der Waals surface area contributed by atoms with Crippen LogP contribution in [0.3, 0.4) is 0 Å². The Morgan fingerprint density at radius 1 is 1.54 bits per heavy atom. The Morgan fingerprint density at radius 3 is 3.04 bits per heavy atom. The van der Waals surface area contributed by atoms with Crippen molar-refractivity contribution >= 4 is 5.91 Å². The maximum absolute atomic E-state index is 12.6. The van der Waals surface area contributed by atoms with Crippen LogP contribution in [0, 0.1) is 5.92 Å². The van der Waals surface area contributed by atoms with Crippen molar-refractivity contribution in [2.75, 3.05) is 26.7 Å². The predicted molar refractivity (Wildman–Crippen MR) is 89.2 cm³/mol. The molecule has 3 atom stereocenters. The number of ether oxygens (including phenoxy) is 1. The molecule has 136 valence electrons. The lowest BCUT2D eigenvalue weighted by Crippen LogP contribution is -2.47. The largest absolute Gasteiger partial charge is 0.394 e. The molecule has 0 fully saturated rings. The van der Waals surface area contributed by atoms with Crippen molar-refractivity contribution in [1.82, 2.24) is 25.2 Å². The minimum atomic E-state index is -0.194. The highest BCUT2D eigenvalue weighted by Gasteiger charge is 2.27. The molecule has 0 unspecified atom stereocenters. The van der Waals surface area contributed by atoms with Crippen LogP contribution in [-0.2, 0) is 22.7 Å². The van der Waals surface area contributed by atoms with Gasteiger partial charge in [-0.3, -0.25) is 4.79 Å². The van der Waals surface area contributed by atoms with Gasteiger partial charge in [-0.1, -0.05) is 12.1 Å². The summed E-state index contributed by atoms with van der Waals surface area (Å²) in [5.74, 6) is 0.202. The van der Waals surface area contributed by atoms with Crippen LogP contribution in [0.15, 0.2) is 6.20 Å². The first-order valence-corrected chi connectivity index (χ1v) is 8.60. The minimum absolute atomic E-state index is 0.0385. The Bertz CT molecular complexity index is 522. The van der Waals surface area contributed by atoms with E-state index in [-0.39, 0.29) is 30.6 Å². The molecule has 8 nitrogen and oxygen atoms in total. The molecule has 0 aliphatic carbocycles. The molecule has 1 aromatic rings. The fourth-order valence-electron chi connectivity index (χ4n) is 2.97. The summed E-state index contributed by atoms with van der Waals surface area (Å²) in [5, 5.41) is 20.7. The summed E-state index contributed by atoms with van der Waals surface area (Å²) < 4.78 is 7.89. The third-order valence-electron chi connectivity index (χ3n) is 4.55. The van der Waals surface area contributed by atoms with Crippen molar-refractivity contribution in [2.45, 2.75) is 52.0 Å². The Kier molecular flexibility index (Phi) is 7.14. The molecule has 2 rings (SSSR count). The van der Waals surface area contributed by atoms with Gasteiger partial charge >= 0.3 is 0 Å². The summed E-state index contributed by atoms with van der Waals surface area (Å²) in [4.78, 5) is 14.4. The fourth-order valence-corrected chi connectivity index (χ4v) is 2.97. The molecule has 1 aliphatic heterocycles. The maximum atomic E-state index is 12.6. The van der Waals surface area contributed by atoms with E-state index in [4.69, 9.17) is 4.74 Å². The van der Waals surface area contributed by atoms with E-state index in [1.54, 1.807) is 15.8 Å². The SMILES string of the molecule is CNC[C@@H]1OCc2cnnn2CCCC(=O)N([C@H](C)CO)C[C@H]1C. The standard InChI is InChI=1S/C16H29N5O3/c1-12-9-20(13(2)10-22)16(23)5-4-6-21-14(7-18-19-21)11-24-15(12)8-17-3/h7,12-13,15,17,22H,4-6,8-11H2,1-3H3/t12-,13-,15+/m1/s1. The van der Waals surface area contributed by atoms with Crippen LogP contribution in [0.25, 0.3) is 0 Å². The molecule has 0 saturated carbocycles. The Hall–Kier alpha value is -1.51. The molecular weight excluding hydrogens is 310 g/mol. The van der Waals surface area contributed by atoms with Gasteiger partial charge in [-0.25, -0.2) is 4.68 Å². The number of fused-ring (bicyclic) bond motifs is 1. The highest BCUT2D eigenvalue weighted by molar-refractivity contribution is 5.76. The number of hydrogen-bond donors (Lipinski definition) is 2. The van der Waals surface area contributed by atoms with Gasteiger partial charge in [-0.05, 0) is 20.4 Å². The molecule has 0 radical (unpaired) electrons. The van der Waals surface area contributed by atoms with Gasteiger partial charge in [-0.15, -0.1) is 5.10 Å². The molecule has 1 aromatic heterocycles. The molecule has 2 heterocycles. The molecule has 2 N–H and O–H groups in total. The van der Waals surface area contributed by atoms with E-state index < -0.39 is 0 Å². The van der Waals surface area contributed by atoms with Crippen molar-refractivity contribution in [3.05, 3.63) is 11.9 Å². The van der Waals surface area contributed by atoms with Crippen molar-refractivity contribution in [2.24, 2.45) is 5.92 Å². The average Bonchev–Trinajstić information content (AvgIpc) is 3.01. The van der Waals surface area contributed by atoms with Gasteiger partial charge in [0.05, 0.1) is 37.3 Å². The highest BCUT2D eigenvalue weighted by Crippen LogP contribution is 2.17. The first kappa shape index (κ1) is 18.8. The number of carbonyl (C=O) groups is 1. The first-order chi connectivity index (χ1) is 11.6. The van der Waals surface area contributed by atoms with Crippen LogP contribution in [0.2, 0.25) is 0 Å². The zero-order chi connectivity index (χ0) is 17.5. The van der Waals surface area contributed by atoms with Crippen molar-refractivity contribution in [1.29, 1.82) is 0 Å². The number of nitrogens with zero attached hydrogens (tertiary/aromatic N) is 4. The predicted octanol–water partition coefficient (Wildman–Crippen LogP) is 0.0220. The number of rotatable bonds is 4. The number of nitrogens with one attached hydrogen (secondary N) is 1. The van der Waals surface area contributed by atoms with Gasteiger partial charge in [0.25, 0.3) is 0 Å². The summed E-state index contributed by atoms with van der Waals surface area (Å²) in [6.07, 6.45) is 2.81. The summed E-state index contributed by atoms with van der Waals surface area (Å²) in [7, 11) is 1.89. The van der Waals surface area contributed by atoms with Gasteiger partial charge < -0.3 is 20.1 Å². The molecule has 0 saturated heterocycles. The minimum Gasteiger partial charge on any atom is -0.394 e. The highest BCUT2D eigenvalue weighted by atomic mass is 16.5. The van der Waals surface area contributed by atoms with Crippen molar-refractivity contribution in [3.8, 4) is 0 Å². The Balaban J connectivity index is 2.20. The normalized spacial score (nSPS) is 24.8. The van der Waals surface area contributed by atoms with E-state index in [0.29, 0.717) is 39.1 Å². The smallest absolute Gasteiger partial charge is 0.222 e. The van der Waals surface area contributed by atoms with Gasteiger partial charge in [0.2, 0.25) is 5.91 Å². The van der Waals surface area contributed by atoms with Crippen molar-refractivity contribution in [3.63, 3.8) is 0 Å². The molecular formula is C16H29N5O3. The number of hydrogen-bond acceptors (Lipinski definition) is 6. The molecule has 0 bridgehead atoms. The van der Waals surface area contributed by atoms with Crippen LogP contribution in [0.4, 0.5) is 0 Å². The monoisotopic (exact) mass is 339 g/mol. The third-order valence-corrected chi connectivity index (χ3v) is 4.55. The zero-order valence-electron chi connectivity index (χ0n) is 14.8. The number of carbonyl (C=O) groups excluding carboxylic acids is 1. The van der Waals surface area contributed by atoms with Crippen LogP contribution in [-0.4, -0.2) is 69.8 Å². The maximum Gasteiger partial charge on any atom is 0.222 e. The molecule has 8 heteroatoms. The second kappa shape index (κ2) is 9.10. The van der Waals surface area contributed by atoms with E-state index >= 15 is 0 Å². The lowest BCUT2D eigenvalue weighted by molar-refractivity contribution is -0.136. The molecule has 1 aliphatic rings. The first-order valence-electron chi connectivity index (χ1n) is 8.60. The summed E-state index contributed by atoms with van der Waals surface area (Å²) in [5.41, 5.74) is 0.928. The lowest BCUT2D eigenvalue weighted by Gasteiger charge is -2.34. The number of aliphatic hydroxyl groups excluding tert-OH is 1. The number of amides is 1. The fraction of sp³-hybridized carbons (Fsp3) is 0.812. The Morgan fingerprint density at radius 2 is 2.33 bits per heavy atom. The number of aryl methyl sites for hydroxylation is 1.